The predicted octanol–water partition coefficient (Wildman–Crippen LogP) is 1.17. The van der Waals surface area contributed by atoms with Crippen molar-refractivity contribution in [2.24, 2.45) is 0 Å². The fraction of sp³-hybridized carbons (Fsp3) is 1.00. The van der Waals surface area contributed by atoms with Crippen LogP contribution in [0, 0.1) is 0 Å². The summed E-state index contributed by atoms with van der Waals surface area (Å²) in [6.07, 6.45) is 3.33. The molecule has 0 unspecified atom stereocenters. The topological polar surface area (TPSA) is 20.2 Å². The van der Waals surface area contributed by atoms with Crippen LogP contribution >= 0.6 is 0 Å². The van der Waals surface area contributed by atoms with Gasteiger partial charge in [0.1, 0.15) is 0 Å². The maximum Gasteiger partial charge on any atom is 0.0431 e. The molecular formula is C5H12OPt. The third-order valence-corrected chi connectivity index (χ3v) is 0.762. The Labute approximate surface area is 59.4 Å². The minimum absolute atomic E-state index is 0. The molecule has 0 saturated heterocycles. The van der Waals surface area contributed by atoms with Crippen LogP contribution in [0.4, 0.5) is 0 Å². The van der Waals surface area contributed by atoms with Crippen molar-refractivity contribution in [1.82, 2.24) is 0 Å². The van der Waals surface area contributed by atoms with E-state index in [9.17, 15) is 0 Å². The molecule has 1 N–H and O–H groups in total. The first-order chi connectivity index (χ1) is 2.91. The molecule has 0 aliphatic rings. The van der Waals surface area contributed by atoms with Crippen LogP contribution in [0.2, 0.25) is 0 Å². The first-order valence-corrected chi connectivity index (χ1v) is 2.52. The van der Waals surface area contributed by atoms with E-state index in [-0.39, 0.29) is 21.1 Å². The van der Waals surface area contributed by atoms with Crippen molar-refractivity contribution >= 4 is 0 Å². The van der Waals surface area contributed by atoms with Gasteiger partial charge in [0.25, 0.3) is 0 Å². The minimum atomic E-state index is 0. The maximum atomic E-state index is 8.20. The Morgan fingerprint density at radius 1 is 1.29 bits per heavy atom. The molecule has 1 nitrogen and oxygen atoms in total. The van der Waals surface area contributed by atoms with Crippen LogP contribution in [0.3, 0.4) is 0 Å². The van der Waals surface area contributed by atoms with Gasteiger partial charge in [-0.05, 0) is 6.42 Å². The molecule has 48 valence electrons. The fourth-order valence-electron chi connectivity index (χ4n) is 0.362. The molecule has 0 aliphatic heterocycles. The van der Waals surface area contributed by atoms with Crippen molar-refractivity contribution in [1.29, 1.82) is 0 Å². The molecule has 0 spiro atoms. The molecule has 0 atom stereocenters. The van der Waals surface area contributed by atoms with Crippen LogP contribution in [-0.2, 0) is 21.1 Å². The van der Waals surface area contributed by atoms with Crippen LogP contribution in [0.5, 0.6) is 0 Å². The van der Waals surface area contributed by atoms with Crippen LogP contribution in [0.1, 0.15) is 26.2 Å². The monoisotopic (exact) mass is 283 g/mol. The van der Waals surface area contributed by atoms with E-state index in [2.05, 4.69) is 6.92 Å². The summed E-state index contributed by atoms with van der Waals surface area (Å²) in [5, 5.41) is 8.20. The summed E-state index contributed by atoms with van der Waals surface area (Å²) in [7, 11) is 0. The van der Waals surface area contributed by atoms with E-state index in [4.69, 9.17) is 5.11 Å². The van der Waals surface area contributed by atoms with Gasteiger partial charge in [-0.1, -0.05) is 19.8 Å². The molecule has 0 saturated carbocycles. The van der Waals surface area contributed by atoms with Gasteiger partial charge in [-0.3, -0.25) is 0 Å². The minimum Gasteiger partial charge on any atom is -0.396 e. The SMILES string of the molecule is CCCCCO.[Pt]. The number of hydrogen-bond donors (Lipinski definition) is 1. The summed E-state index contributed by atoms with van der Waals surface area (Å²) >= 11 is 0. The average molecular weight is 283 g/mol. The molecule has 0 radical (unpaired) electrons. The fourth-order valence-corrected chi connectivity index (χ4v) is 0.362. The second kappa shape index (κ2) is 9.82. The Balaban J connectivity index is 0. The number of aliphatic hydroxyl groups is 1. The molecule has 0 aromatic heterocycles. The van der Waals surface area contributed by atoms with Gasteiger partial charge in [0, 0.05) is 27.7 Å². The summed E-state index contributed by atoms with van der Waals surface area (Å²) in [6.45, 7) is 2.48. The number of aliphatic hydroxyl groups excluding tert-OH is 1. The first kappa shape index (κ1) is 10.6. The van der Waals surface area contributed by atoms with E-state index in [0.29, 0.717) is 6.61 Å². The molecule has 0 aliphatic carbocycles. The summed E-state index contributed by atoms with van der Waals surface area (Å²) in [6, 6.07) is 0. The van der Waals surface area contributed by atoms with Gasteiger partial charge >= 0.3 is 0 Å². The van der Waals surface area contributed by atoms with Gasteiger partial charge in [0.2, 0.25) is 0 Å². The van der Waals surface area contributed by atoms with Crippen molar-refractivity contribution in [3.05, 3.63) is 0 Å². The van der Waals surface area contributed by atoms with E-state index in [1.165, 1.54) is 6.42 Å². The third kappa shape index (κ3) is 10.8. The summed E-state index contributed by atoms with van der Waals surface area (Å²) in [5.74, 6) is 0. The van der Waals surface area contributed by atoms with Crippen LogP contribution in [-0.4, -0.2) is 11.7 Å². The molecule has 0 bridgehead atoms. The van der Waals surface area contributed by atoms with Gasteiger partial charge < -0.3 is 5.11 Å². The van der Waals surface area contributed by atoms with Gasteiger partial charge in [-0.2, -0.15) is 0 Å². The Kier molecular flexibility index (Phi) is 14.9. The number of hydrogen-bond acceptors (Lipinski definition) is 1. The normalized spacial score (nSPS) is 7.71. The molecule has 0 fully saturated rings. The molecule has 0 heterocycles. The Bertz CT molecular complexity index is 20.0. The average Bonchev–Trinajstić information content (AvgIpc) is 1.61. The second-order valence-corrected chi connectivity index (χ2v) is 1.43. The second-order valence-electron chi connectivity index (χ2n) is 1.43. The summed E-state index contributed by atoms with van der Waals surface area (Å²) in [4.78, 5) is 0. The zero-order chi connectivity index (χ0) is 4.83. The zero-order valence-corrected chi connectivity index (χ0v) is 6.86. The first-order valence-electron chi connectivity index (χ1n) is 2.52. The Morgan fingerprint density at radius 2 is 1.86 bits per heavy atom. The van der Waals surface area contributed by atoms with Gasteiger partial charge in [-0.25, -0.2) is 0 Å². The van der Waals surface area contributed by atoms with Crippen molar-refractivity contribution in [3.8, 4) is 0 Å². The van der Waals surface area contributed by atoms with Gasteiger partial charge in [-0.15, -0.1) is 0 Å². The molecule has 2 heteroatoms. The Morgan fingerprint density at radius 3 is 2.00 bits per heavy atom. The van der Waals surface area contributed by atoms with Gasteiger partial charge in [0.05, 0.1) is 0 Å². The summed E-state index contributed by atoms with van der Waals surface area (Å²) in [5.41, 5.74) is 0. The van der Waals surface area contributed by atoms with Crippen molar-refractivity contribution < 1.29 is 26.2 Å². The molecule has 0 aromatic rings. The van der Waals surface area contributed by atoms with Crippen molar-refractivity contribution in [2.45, 2.75) is 26.2 Å². The quantitative estimate of drug-likeness (QED) is 0.771. The number of rotatable bonds is 3. The Hall–Kier alpha value is 0.648. The largest absolute Gasteiger partial charge is 0.396 e. The molecule has 7 heavy (non-hydrogen) atoms. The van der Waals surface area contributed by atoms with E-state index in [0.717, 1.165) is 12.8 Å². The molecule has 0 aromatic carbocycles. The zero-order valence-electron chi connectivity index (χ0n) is 4.59. The predicted molar refractivity (Wildman–Crippen MR) is 26.6 cm³/mol. The van der Waals surface area contributed by atoms with Crippen molar-refractivity contribution in [2.75, 3.05) is 6.61 Å². The van der Waals surface area contributed by atoms with Crippen molar-refractivity contribution in [3.63, 3.8) is 0 Å². The van der Waals surface area contributed by atoms with E-state index in [1.54, 1.807) is 0 Å². The van der Waals surface area contributed by atoms with Crippen LogP contribution < -0.4 is 0 Å². The van der Waals surface area contributed by atoms with Gasteiger partial charge in [0.15, 0.2) is 0 Å². The van der Waals surface area contributed by atoms with E-state index in [1.807, 2.05) is 0 Å². The molecule has 0 amide bonds. The maximum absolute atomic E-state index is 8.20. The standard InChI is InChI=1S/C5H12O.Pt/c1-2-3-4-5-6;/h6H,2-5H2,1H3;. The number of unbranched alkanes of at least 4 members (excludes halogenated alkanes) is 2. The smallest absolute Gasteiger partial charge is 0.0431 e. The van der Waals surface area contributed by atoms with Crippen LogP contribution in [0.15, 0.2) is 0 Å². The van der Waals surface area contributed by atoms with E-state index < -0.39 is 0 Å². The van der Waals surface area contributed by atoms with E-state index >= 15 is 0 Å². The molecular weight excluding hydrogens is 271 g/mol. The third-order valence-electron chi connectivity index (χ3n) is 0.762. The summed E-state index contributed by atoms with van der Waals surface area (Å²) < 4.78 is 0. The molecule has 0 rings (SSSR count). The van der Waals surface area contributed by atoms with Crippen LogP contribution in [0.25, 0.3) is 0 Å².